The van der Waals surface area contributed by atoms with Gasteiger partial charge in [-0.05, 0) is 24.3 Å². The maximum absolute atomic E-state index is 12.6. The Labute approximate surface area is 141 Å². The van der Waals surface area contributed by atoms with E-state index in [0.29, 0.717) is 17.1 Å². The number of esters is 1. The van der Waals surface area contributed by atoms with Gasteiger partial charge in [0.1, 0.15) is 0 Å². The molecule has 1 aromatic carbocycles. The van der Waals surface area contributed by atoms with Crippen molar-refractivity contribution >= 4 is 40.1 Å². The molecule has 1 N–H and O–H groups in total. The summed E-state index contributed by atoms with van der Waals surface area (Å²) >= 11 is 2.86. The van der Waals surface area contributed by atoms with Crippen LogP contribution >= 0.6 is 23.1 Å². The van der Waals surface area contributed by atoms with E-state index in [2.05, 4.69) is 15.5 Å². The molecule has 8 heteroatoms. The number of nitrogens with one attached hydrogen (secondary N) is 1. The summed E-state index contributed by atoms with van der Waals surface area (Å²) in [6.45, 7) is 3.63. The zero-order valence-corrected chi connectivity index (χ0v) is 14.3. The highest BCUT2D eigenvalue weighted by Gasteiger charge is 2.42. The van der Waals surface area contributed by atoms with Crippen molar-refractivity contribution in [2.45, 2.75) is 30.2 Å². The molecule has 0 saturated heterocycles. The topological polar surface area (TPSA) is 81.2 Å². The molecule has 23 heavy (non-hydrogen) atoms. The van der Waals surface area contributed by atoms with E-state index in [1.165, 1.54) is 11.3 Å². The first-order chi connectivity index (χ1) is 11.0. The Morgan fingerprint density at radius 3 is 3.00 bits per heavy atom. The van der Waals surface area contributed by atoms with Crippen molar-refractivity contribution in [3.8, 4) is 0 Å². The fourth-order valence-corrected chi connectivity index (χ4v) is 3.97. The van der Waals surface area contributed by atoms with Crippen molar-refractivity contribution in [1.29, 1.82) is 0 Å². The van der Waals surface area contributed by atoms with E-state index in [0.717, 1.165) is 15.7 Å². The third kappa shape index (κ3) is 3.23. The van der Waals surface area contributed by atoms with Gasteiger partial charge in [-0.3, -0.25) is 10.1 Å². The molecule has 0 aliphatic carbocycles. The number of fused-ring (bicyclic) bond motifs is 1. The van der Waals surface area contributed by atoms with Crippen LogP contribution in [0.1, 0.15) is 29.8 Å². The quantitative estimate of drug-likeness (QED) is 0.519. The second-order valence-electron chi connectivity index (χ2n) is 5.21. The Morgan fingerprint density at radius 2 is 2.22 bits per heavy atom. The number of carbonyl (C=O) groups is 2. The molecule has 0 unspecified atom stereocenters. The van der Waals surface area contributed by atoms with Crippen LogP contribution in [0, 0.1) is 0 Å². The zero-order chi connectivity index (χ0) is 16.4. The number of rotatable bonds is 4. The average Bonchev–Trinajstić information content (AvgIpc) is 2.95. The molecule has 2 heterocycles. The minimum atomic E-state index is -1.25. The molecule has 0 saturated carbocycles. The molecule has 1 aliphatic heterocycles. The summed E-state index contributed by atoms with van der Waals surface area (Å²) in [5.41, 5.74) is 0.0611. The molecule has 1 aromatic heterocycles. The number of carbonyl (C=O) groups excluding carboxylic acids is 2. The van der Waals surface area contributed by atoms with Crippen LogP contribution in [0.3, 0.4) is 0 Å². The molecule has 1 amide bonds. The summed E-state index contributed by atoms with van der Waals surface area (Å²) in [5.74, 6) is 0.00264. The summed E-state index contributed by atoms with van der Waals surface area (Å²) < 4.78 is 6.18. The van der Waals surface area contributed by atoms with Crippen LogP contribution in [0.4, 0.5) is 5.13 Å². The predicted octanol–water partition coefficient (Wildman–Crippen LogP) is 2.76. The van der Waals surface area contributed by atoms with Gasteiger partial charge in [-0.1, -0.05) is 48.2 Å². The van der Waals surface area contributed by atoms with Gasteiger partial charge in [0.15, 0.2) is 9.94 Å². The van der Waals surface area contributed by atoms with Crippen LogP contribution in [0.15, 0.2) is 28.6 Å². The lowest BCUT2D eigenvalue weighted by molar-refractivity contribution is -0.134. The van der Waals surface area contributed by atoms with E-state index >= 15 is 0 Å². The molecule has 0 radical (unpaired) electrons. The lowest BCUT2D eigenvalue weighted by atomic mass is 9.89. The maximum Gasteiger partial charge on any atom is 0.339 e. The zero-order valence-electron chi connectivity index (χ0n) is 12.7. The van der Waals surface area contributed by atoms with E-state index in [-0.39, 0.29) is 0 Å². The van der Waals surface area contributed by atoms with Gasteiger partial charge in [-0.25, -0.2) is 4.79 Å². The number of benzene rings is 1. The summed E-state index contributed by atoms with van der Waals surface area (Å²) in [7, 11) is 0. The van der Waals surface area contributed by atoms with Crippen LogP contribution in [-0.2, 0) is 16.0 Å². The fraction of sp³-hybridized carbons (Fsp3) is 0.333. The highest BCUT2D eigenvalue weighted by atomic mass is 32.2. The minimum Gasteiger partial charge on any atom is -0.445 e. The molecule has 0 spiro atoms. The first kappa shape index (κ1) is 15.9. The summed E-state index contributed by atoms with van der Waals surface area (Å²) in [5, 5.41) is 11.0. The van der Waals surface area contributed by atoms with Gasteiger partial charge in [0.2, 0.25) is 5.13 Å². The fourth-order valence-electron chi connectivity index (χ4n) is 2.33. The van der Waals surface area contributed by atoms with Gasteiger partial charge < -0.3 is 4.74 Å². The Bertz CT molecular complexity index is 762. The molecule has 1 atom stereocenters. The lowest BCUT2D eigenvalue weighted by Gasteiger charge is -2.32. The third-order valence-corrected chi connectivity index (χ3v) is 5.31. The first-order valence-corrected chi connectivity index (χ1v) is 8.91. The van der Waals surface area contributed by atoms with Crippen LogP contribution < -0.4 is 5.32 Å². The molecule has 1 aliphatic rings. The molecule has 0 fully saturated rings. The van der Waals surface area contributed by atoms with E-state index in [4.69, 9.17) is 4.74 Å². The molecular formula is C15H15N3O3S2. The van der Waals surface area contributed by atoms with Crippen LogP contribution in [-0.4, -0.2) is 33.4 Å². The molecule has 120 valence electrons. The standard InChI is InChI=1S/C15H15N3O3S2/c1-3-22-14-18-17-13(23-14)16-12(20)15(2)8-9-6-4-5-7-10(9)11(19)21-15/h4-7H,3,8H2,1-2H3,(H,16,17,20)/t15-/m1/s1. The van der Waals surface area contributed by atoms with E-state index < -0.39 is 17.5 Å². The van der Waals surface area contributed by atoms with Crippen LogP contribution in [0.5, 0.6) is 0 Å². The van der Waals surface area contributed by atoms with Gasteiger partial charge >= 0.3 is 5.97 Å². The molecule has 2 aromatic rings. The molecule has 0 bridgehead atoms. The minimum absolute atomic E-state index is 0.329. The van der Waals surface area contributed by atoms with Crippen molar-refractivity contribution < 1.29 is 14.3 Å². The summed E-state index contributed by atoms with van der Waals surface area (Å²) in [6.07, 6.45) is 0.329. The summed E-state index contributed by atoms with van der Waals surface area (Å²) in [6, 6.07) is 7.15. The van der Waals surface area contributed by atoms with Gasteiger partial charge in [0, 0.05) is 6.42 Å². The first-order valence-electron chi connectivity index (χ1n) is 7.11. The van der Waals surface area contributed by atoms with Crippen molar-refractivity contribution in [3.63, 3.8) is 0 Å². The van der Waals surface area contributed by atoms with Gasteiger partial charge in [0.25, 0.3) is 5.91 Å². The number of nitrogens with zero attached hydrogens (tertiary/aromatic N) is 2. The number of amides is 1. The number of hydrogen-bond donors (Lipinski definition) is 1. The second kappa shape index (κ2) is 6.29. The van der Waals surface area contributed by atoms with Crippen molar-refractivity contribution in [3.05, 3.63) is 35.4 Å². The van der Waals surface area contributed by atoms with Crippen LogP contribution in [0.2, 0.25) is 0 Å². The van der Waals surface area contributed by atoms with Gasteiger partial charge in [-0.15, -0.1) is 10.2 Å². The Balaban J connectivity index is 1.77. The Hall–Kier alpha value is -1.93. The number of hydrogen-bond acceptors (Lipinski definition) is 7. The third-order valence-electron chi connectivity index (χ3n) is 3.46. The number of aromatic nitrogens is 2. The normalized spacial score (nSPS) is 19.8. The monoisotopic (exact) mass is 349 g/mol. The van der Waals surface area contributed by atoms with E-state index in [1.807, 2.05) is 19.1 Å². The SMILES string of the molecule is CCSc1nnc(NC(=O)[C@@]2(C)Cc3ccccc3C(=O)O2)s1. The van der Waals surface area contributed by atoms with E-state index in [1.54, 1.807) is 30.8 Å². The lowest BCUT2D eigenvalue weighted by Crippen LogP contribution is -2.48. The smallest absolute Gasteiger partial charge is 0.339 e. The largest absolute Gasteiger partial charge is 0.445 e. The Kier molecular flexibility index (Phi) is 4.36. The van der Waals surface area contributed by atoms with Crippen molar-refractivity contribution in [2.75, 3.05) is 11.1 Å². The van der Waals surface area contributed by atoms with Crippen molar-refractivity contribution in [2.24, 2.45) is 0 Å². The number of anilines is 1. The predicted molar refractivity (Wildman–Crippen MR) is 88.9 cm³/mol. The highest BCUT2D eigenvalue weighted by molar-refractivity contribution is 8.01. The second-order valence-corrected chi connectivity index (χ2v) is 7.70. The van der Waals surface area contributed by atoms with Crippen molar-refractivity contribution in [1.82, 2.24) is 10.2 Å². The average molecular weight is 349 g/mol. The maximum atomic E-state index is 12.6. The molecular weight excluding hydrogens is 334 g/mol. The number of cyclic esters (lactones) is 1. The molecule has 3 rings (SSSR count). The van der Waals surface area contributed by atoms with Gasteiger partial charge in [-0.2, -0.15) is 0 Å². The molecule has 6 nitrogen and oxygen atoms in total. The Morgan fingerprint density at radius 1 is 1.43 bits per heavy atom. The van der Waals surface area contributed by atoms with Gasteiger partial charge in [0.05, 0.1) is 5.56 Å². The highest BCUT2D eigenvalue weighted by Crippen LogP contribution is 2.30. The number of ether oxygens (including phenoxy) is 1. The van der Waals surface area contributed by atoms with Crippen LogP contribution in [0.25, 0.3) is 0 Å². The number of thioether (sulfide) groups is 1. The summed E-state index contributed by atoms with van der Waals surface area (Å²) in [4.78, 5) is 24.7. The van der Waals surface area contributed by atoms with E-state index in [9.17, 15) is 9.59 Å².